The molecule has 1 saturated heterocycles. The predicted octanol–water partition coefficient (Wildman–Crippen LogP) is 5.42. The number of aromatic nitrogens is 4. The Labute approximate surface area is 478 Å². The summed E-state index contributed by atoms with van der Waals surface area (Å²) < 4.78 is 47.8. The highest BCUT2D eigenvalue weighted by atomic mass is 16.8. The van der Waals surface area contributed by atoms with Gasteiger partial charge in [0.2, 0.25) is 0 Å². The topological polar surface area (TPSA) is 287 Å². The number of cyclic esters (lactones) is 2. The number of nitrogens with zero attached hydrogens (tertiary/aromatic N) is 4. The van der Waals surface area contributed by atoms with Crippen molar-refractivity contribution in [2.24, 2.45) is 11.8 Å². The van der Waals surface area contributed by atoms with Crippen molar-refractivity contribution >= 4 is 62.9 Å². The fourth-order valence-electron chi connectivity index (χ4n) is 8.68. The molecular formula is C58H71B2N5O17. The number of ketones is 2. The van der Waals surface area contributed by atoms with Gasteiger partial charge in [-0.1, -0.05) is 50.3 Å². The molecule has 3 aliphatic heterocycles. The lowest BCUT2D eigenvalue weighted by Crippen LogP contribution is -2.34. The zero-order chi connectivity index (χ0) is 59.3. The lowest BCUT2D eigenvalue weighted by atomic mass is 9.94. The molecule has 0 aliphatic carbocycles. The van der Waals surface area contributed by atoms with E-state index >= 15 is 0 Å². The predicted molar refractivity (Wildman–Crippen MR) is 302 cm³/mol. The second kappa shape index (κ2) is 31.1. The molecule has 2 aromatic heterocycles. The first-order chi connectivity index (χ1) is 39.3. The maximum atomic E-state index is 13.6. The van der Waals surface area contributed by atoms with E-state index in [0.717, 1.165) is 25.1 Å². The van der Waals surface area contributed by atoms with Crippen LogP contribution in [0.25, 0.3) is 12.2 Å². The Morgan fingerprint density at radius 2 is 1.45 bits per heavy atom. The van der Waals surface area contributed by atoms with Crippen LogP contribution in [-0.4, -0.2) is 166 Å². The van der Waals surface area contributed by atoms with Gasteiger partial charge >= 0.3 is 19.4 Å². The minimum atomic E-state index is -1.58. The molecule has 4 aromatic rings. The third-order valence-electron chi connectivity index (χ3n) is 13.5. The van der Waals surface area contributed by atoms with Gasteiger partial charge in [-0.05, 0) is 88.8 Å². The van der Waals surface area contributed by atoms with Crippen molar-refractivity contribution in [2.75, 3.05) is 33.7 Å². The van der Waals surface area contributed by atoms with Crippen molar-refractivity contribution in [1.82, 2.24) is 24.2 Å². The number of imidazole rings is 2. The van der Waals surface area contributed by atoms with Crippen LogP contribution in [0, 0.1) is 11.8 Å². The van der Waals surface area contributed by atoms with Gasteiger partial charge in [0.25, 0.3) is 7.41 Å². The van der Waals surface area contributed by atoms with Crippen molar-refractivity contribution in [1.29, 1.82) is 0 Å². The second-order valence-electron chi connectivity index (χ2n) is 20.2. The Hall–Kier alpha value is -7.47. The van der Waals surface area contributed by atoms with Crippen LogP contribution in [0.4, 0.5) is 0 Å². The third-order valence-corrected chi connectivity index (χ3v) is 13.5. The number of aliphatic hydroxyl groups excluding tert-OH is 2. The first kappa shape index (κ1) is 63.7. The quantitative estimate of drug-likeness (QED) is 0.0300. The lowest BCUT2D eigenvalue weighted by molar-refractivity contribution is -0.152. The average Bonchev–Trinajstić information content (AvgIpc) is 4.21. The van der Waals surface area contributed by atoms with E-state index in [9.17, 15) is 44.1 Å². The Morgan fingerprint density at radius 3 is 2.12 bits per heavy atom. The summed E-state index contributed by atoms with van der Waals surface area (Å²) in [6.07, 6.45) is 17.7. The number of hydrogen-bond donors (Lipinski definition) is 4. The summed E-state index contributed by atoms with van der Waals surface area (Å²) in [7, 11) is 4.16. The molecular weight excluding hydrogens is 1060 g/mol. The molecule has 22 nitrogen and oxygen atoms in total. The van der Waals surface area contributed by atoms with Gasteiger partial charge in [-0.25, -0.2) is 19.6 Å². The number of esters is 2. The number of carbonyl (C=O) groups excluding carboxylic acids is 6. The smallest absolute Gasteiger partial charge is 0.342 e. The van der Waals surface area contributed by atoms with Crippen LogP contribution in [0.1, 0.15) is 111 Å². The molecule has 436 valence electrons. The molecule has 82 heavy (non-hydrogen) atoms. The molecule has 0 saturated carbocycles. The van der Waals surface area contributed by atoms with Gasteiger partial charge in [0, 0.05) is 75.4 Å². The van der Waals surface area contributed by atoms with Crippen LogP contribution in [0.3, 0.4) is 0 Å². The normalized spacial score (nSPS) is 24.5. The minimum absolute atomic E-state index is 0.0300. The first-order valence-electron chi connectivity index (χ1n) is 27.0. The number of hydrogen-bond acceptors (Lipinski definition) is 20. The standard InChI is InChI=1S/C32H39B2N3O10.C26H32N2O7/c1-21-9-10-25(40)30-26(46-32(3,4)47-30)8-6-7-23-15-24(16-27(44-20-42-5)29(23)31(41)45-22(21)2)43-14-13-36(33-18-38)17-28-35-11-12-37(28)34-19-39;1-16-9-10-21(30)25(32)20(29)7-5-6-18-14-19(15-22(31)24(18)26(33)35-17(16)2)34-13-4-3-8-23-27-11-12-28-23/h6-7,9-12,15-16,18-19,21-22,26,30H,8,13-14,17,20H2,1-5H3;5-6,9-12,14-17,20,25,29,31-32H,3-4,7-8,13H2,1-2H3,(H,27,28)/b7-6+,10-9-;6-5+,10-9-/t21-,22+,26?,30?;16-,17+,20?,25?/m11/s1. The number of rotatable bonds is 19. The van der Waals surface area contributed by atoms with Crippen molar-refractivity contribution in [3.8, 4) is 23.0 Å². The van der Waals surface area contributed by atoms with Gasteiger partial charge in [0.15, 0.2) is 24.1 Å². The highest BCUT2D eigenvalue weighted by Crippen LogP contribution is 2.35. The Morgan fingerprint density at radius 1 is 0.793 bits per heavy atom. The SMILES string of the molecule is COCOc1cc(OCCN([B]C=O)Cc2nccn2[B]C=O)cc2c1C(=O)O[C@@H](C)[C@H](C)/C=C\C(=O)C1OC(C)(C)OC1C/C=C/2.C[C@@H]1/C=C\C(=O)C(O)C(O)C/C=C/c2cc(OCCCCc3ncc[nH]3)cc(O)c2C(=O)O[C@H]1C. The number of aromatic hydroxyl groups is 1. The maximum Gasteiger partial charge on any atom is 0.342 e. The van der Waals surface area contributed by atoms with Crippen LogP contribution in [-0.2, 0) is 55.8 Å². The fourth-order valence-corrected chi connectivity index (χ4v) is 8.68. The molecule has 1 fully saturated rings. The lowest BCUT2D eigenvalue weighted by Gasteiger charge is -2.22. The number of H-pyrrole nitrogens is 1. The molecule has 0 amide bonds. The number of aliphatic hydroxyl groups is 2. The molecule has 2 radical (unpaired) electrons. The van der Waals surface area contributed by atoms with E-state index in [0.29, 0.717) is 60.4 Å². The van der Waals surface area contributed by atoms with E-state index in [4.69, 9.17) is 37.9 Å². The molecule has 4 unspecified atom stereocenters. The van der Waals surface area contributed by atoms with Crippen molar-refractivity contribution in [3.63, 3.8) is 0 Å². The fraction of sp³-hybridized carbons (Fsp3) is 0.448. The number of carbonyl (C=O) groups is 6. The number of methoxy groups -OCH3 is 1. The summed E-state index contributed by atoms with van der Waals surface area (Å²) in [6.45, 7) is 11.5. The Balaban J connectivity index is 0.000000275. The molecule has 0 spiro atoms. The number of aromatic amines is 1. The molecule has 4 N–H and O–H groups in total. The average molecular weight is 1130 g/mol. The van der Waals surface area contributed by atoms with Gasteiger partial charge in [0.05, 0.1) is 31.6 Å². The van der Waals surface area contributed by atoms with E-state index in [1.807, 2.05) is 6.92 Å². The maximum absolute atomic E-state index is 13.6. The molecule has 5 heterocycles. The minimum Gasteiger partial charge on any atom is -0.507 e. The van der Waals surface area contributed by atoms with E-state index in [1.54, 1.807) is 105 Å². The number of phenolic OH excluding ortho intramolecular Hbond substituents is 1. The zero-order valence-corrected chi connectivity index (χ0v) is 47.1. The van der Waals surface area contributed by atoms with Gasteiger partial charge in [-0.3, -0.25) is 9.59 Å². The number of phenols is 1. The highest BCUT2D eigenvalue weighted by Gasteiger charge is 2.44. The van der Waals surface area contributed by atoms with Gasteiger partial charge in [-0.15, -0.1) is 0 Å². The van der Waals surface area contributed by atoms with E-state index in [-0.39, 0.29) is 66.6 Å². The Bertz CT molecular complexity index is 2920. The van der Waals surface area contributed by atoms with Crippen LogP contribution < -0.4 is 14.2 Å². The second-order valence-corrected chi connectivity index (χ2v) is 20.2. The largest absolute Gasteiger partial charge is 0.507 e. The van der Waals surface area contributed by atoms with Gasteiger partial charge in [0.1, 0.15) is 76.4 Å². The van der Waals surface area contributed by atoms with Crippen LogP contribution >= 0.6 is 0 Å². The van der Waals surface area contributed by atoms with E-state index < -0.39 is 60.1 Å². The summed E-state index contributed by atoms with van der Waals surface area (Å²) in [6, 6.07) is 6.24. The molecule has 8 atom stereocenters. The summed E-state index contributed by atoms with van der Waals surface area (Å²) in [4.78, 5) is 87.2. The first-order valence-corrected chi connectivity index (χ1v) is 27.0. The number of fused-ring (bicyclic) bond motifs is 3. The van der Waals surface area contributed by atoms with Crippen molar-refractivity contribution in [3.05, 3.63) is 119 Å². The van der Waals surface area contributed by atoms with Crippen molar-refractivity contribution < 1.29 is 82.0 Å². The molecule has 7 rings (SSSR count). The Kier molecular flexibility index (Phi) is 24.2. The number of ether oxygens (including phenoxy) is 8. The summed E-state index contributed by atoms with van der Waals surface area (Å²) in [5.41, 5.74) is 0.935. The van der Waals surface area contributed by atoms with Crippen molar-refractivity contribution in [2.45, 2.75) is 123 Å². The molecule has 3 aliphatic rings. The van der Waals surface area contributed by atoms with Gasteiger partial charge < -0.3 is 77.1 Å². The third kappa shape index (κ3) is 18.5. The number of benzene rings is 2. The monoisotopic (exact) mass is 1130 g/mol. The van der Waals surface area contributed by atoms with Gasteiger partial charge in [-0.2, -0.15) is 0 Å². The summed E-state index contributed by atoms with van der Waals surface area (Å²) in [5, 5.41) is 30.9. The van der Waals surface area contributed by atoms with Crippen LogP contribution in [0.2, 0.25) is 0 Å². The van der Waals surface area contributed by atoms with Crippen LogP contribution in [0.15, 0.2) is 85.5 Å². The molecule has 24 heteroatoms. The summed E-state index contributed by atoms with van der Waals surface area (Å²) in [5.74, 6) is -1.65. The zero-order valence-electron chi connectivity index (χ0n) is 47.1. The van der Waals surface area contributed by atoms with E-state index in [1.165, 1.54) is 58.4 Å². The van der Waals surface area contributed by atoms with E-state index in [2.05, 4.69) is 15.0 Å². The number of unbranched alkanes of at least 4 members (excludes halogenated alkanes) is 1. The number of nitrogens with one attached hydrogen (secondary N) is 1. The van der Waals surface area contributed by atoms with Crippen LogP contribution in [0.5, 0.6) is 23.0 Å². The number of aryl methyl sites for hydroxylation is 1. The summed E-state index contributed by atoms with van der Waals surface area (Å²) >= 11 is 0. The molecule has 2 aromatic carbocycles. The highest BCUT2D eigenvalue weighted by molar-refractivity contribution is 6.65. The molecule has 0 bridgehead atoms.